The minimum atomic E-state index is -0.299. The highest BCUT2D eigenvalue weighted by molar-refractivity contribution is 8.00. The maximum atomic E-state index is 11.5. The Kier molecular flexibility index (Phi) is 4.00. The Balaban J connectivity index is 2.22. The molecular formula is C11H13N5O2S. The number of hydrogen-bond donors (Lipinski definition) is 2. The fourth-order valence-electron chi connectivity index (χ4n) is 1.42. The molecule has 7 nitrogen and oxygen atoms in total. The zero-order chi connectivity index (χ0) is 13.8. The van der Waals surface area contributed by atoms with Crippen LogP contribution < -0.4 is 5.32 Å². The van der Waals surface area contributed by atoms with E-state index in [-0.39, 0.29) is 16.9 Å². The largest absolute Gasteiger partial charge is 0.508 e. The Morgan fingerprint density at radius 3 is 2.74 bits per heavy atom. The Morgan fingerprint density at radius 2 is 2.11 bits per heavy atom. The summed E-state index contributed by atoms with van der Waals surface area (Å²) in [6.45, 7) is 1.78. The van der Waals surface area contributed by atoms with Gasteiger partial charge in [0, 0.05) is 7.05 Å². The summed E-state index contributed by atoms with van der Waals surface area (Å²) in [4.78, 5) is 11.5. The molecule has 1 atom stereocenters. The minimum absolute atomic E-state index is 0.0924. The summed E-state index contributed by atoms with van der Waals surface area (Å²) in [5.74, 6) is 0.0787. The van der Waals surface area contributed by atoms with E-state index in [2.05, 4.69) is 20.8 Å². The Labute approximate surface area is 114 Å². The first kappa shape index (κ1) is 13.3. The minimum Gasteiger partial charge on any atom is -0.508 e. The molecular weight excluding hydrogens is 266 g/mol. The van der Waals surface area contributed by atoms with Gasteiger partial charge >= 0.3 is 0 Å². The number of nitrogens with zero attached hydrogens (tertiary/aromatic N) is 4. The molecule has 100 valence electrons. The van der Waals surface area contributed by atoms with Crippen LogP contribution in [0.3, 0.4) is 0 Å². The summed E-state index contributed by atoms with van der Waals surface area (Å²) in [7, 11) is 1.59. The summed E-state index contributed by atoms with van der Waals surface area (Å²) in [5, 5.41) is 23.4. The molecule has 2 rings (SSSR count). The quantitative estimate of drug-likeness (QED) is 0.796. The highest BCUT2D eigenvalue weighted by Crippen LogP contribution is 2.23. The molecule has 19 heavy (non-hydrogen) atoms. The lowest BCUT2D eigenvalue weighted by atomic mass is 10.3. The lowest BCUT2D eigenvalue weighted by Crippen LogP contribution is -2.27. The zero-order valence-electron chi connectivity index (χ0n) is 10.4. The van der Waals surface area contributed by atoms with Gasteiger partial charge in [-0.25, -0.2) is 0 Å². The normalized spacial score (nSPS) is 12.1. The van der Waals surface area contributed by atoms with E-state index in [1.54, 1.807) is 38.2 Å². The average molecular weight is 279 g/mol. The molecule has 1 amide bonds. The number of hydrogen-bond acceptors (Lipinski definition) is 6. The number of thioether (sulfide) groups is 1. The third kappa shape index (κ3) is 3.02. The predicted octanol–water partition coefficient (Wildman–Crippen LogP) is 0.594. The zero-order valence-corrected chi connectivity index (χ0v) is 11.3. The molecule has 1 heterocycles. The highest BCUT2D eigenvalue weighted by Gasteiger charge is 2.17. The van der Waals surface area contributed by atoms with Gasteiger partial charge in [0.2, 0.25) is 11.1 Å². The monoisotopic (exact) mass is 279 g/mol. The fourth-order valence-corrected chi connectivity index (χ4v) is 2.29. The van der Waals surface area contributed by atoms with Gasteiger partial charge in [-0.05, 0) is 41.6 Å². The first-order valence-corrected chi connectivity index (χ1v) is 6.46. The van der Waals surface area contributed by atoms with Crippen LogP contribution in [-0.2, 0) is 4.79 Å². The third-order valence-electron chi connectivity index (χ3n) is 2.43. The highest BCUT2D eigenvalue weighted by atomic mass is 32.2. The van der Waals surface area contributed by atoms with Crippen molar-refractivity contribution in [1.82, 2.24) is 25.5 Å². The van der Waals surface area contributed by atoms with Crippen molar-refractivity contribution in [2.45, 2.75) is 17.3 Å². The van der Waals surface area contributed by atoms with E-state index in [4.69, 9.17) is 0 Å². The molecule has 0 aliphatic rings. The van der Waals surface area contributed by atoms with Gasteiger partial charge in [-0.2, -0.15) is 4.68 Å². The van der Waals surface area contributed by atoms with Crippen LogP contribution in [0.2, 0.25) is 0 Å². The molecule has 0 saturated carbocycles. The number of carbonyl (C=O) groups is 1. The van der Waals surface area contributed by atoms with Gasteiger partial charge in [0.25, 0.3) is 0 Å². The number of phenols is 1. The molecule has 0 fully saturated rings. The van der Waals surface area contributed by atoms with Crippen molar-refractivity contribution in [2.75, 3.05) is 7.05 Å². The maximum absolute atomic E-state index is 11.5. The molecule has 0 aliphatic carbocycles. The molecule has 0 spiro atoms. The lowest BCUT2D eigenvalue weighted by molar-refractivity contribution is -0.119. The second-order valence-electron chi connectivity index (χ2n) is 3.76. The summed E-state index contributed by atoms with van der Waals surface area (Å²) >= 11 is 1.26. The van der Waals surface area contributed by atoms with E-state index >= 15 is 0 Å². The molecule has 1 aromatic heterocycles. The van der Waals surface area contributed by atoms with Crippen LogP contribution in [0.15, 0.2) is 29.4 Å². The molecule has 1 aromatic carbocycles. The Bertz CT molecular complexity index is 569. The second kappa shape index (κ2) is 5.70. The number of carbonyl (C=O) groups excluding carboxylic acids is 1. The fraction of sp³-hybridized carbons (Fsp3) is 0.273. The van der Waals surface area contributed by atoms with Crippen LogP contribution >= 0.6 is 11.8 Å². The molecule has 0 saturated heterocycles. The van der Waals surface area contributed by atoms with Gasteiger partial charge in [0.1, 0.15) is 5.75 Å². The van der Waals surface area contributed by atoms with Gasteiger partial charge in [-0.1, -0.05) is 11.8 Å². The molecule has 2 N–H and O–H groups in total. The van der Waals surface area contributed by atoms with E-state index in [9.17, 15) is 9.90 Å². The second-order valence-corrected chi connectivity index (χ2v) is 5.07. The molecule has 2 aromatic rings. The summed E-state index contributed by atoms with van der Waals surface area (Å²) in [6.07, 6.45) is 0. The number of benzene rings is 1. The Morgan fingerprint density at radius 1 is 1.42 bits per heavy atom. The molecule has 0 aliphatic heterocycles. The van der Waals surface area contributed by atoms with Crippen molar-refractivity contribution >= 4 is 17.7 Å². The van der Waals surface area contributed by atoms with Gasteiger partial charge in [0.05, 0.1) is 10.9 Å². The van der Waals surface area contributed by atoms with E-state index in [1.165, 1.54) is 16.4 Å². The number of nitrogens with one attached hydrogen (secondary N) is 1. The molecule has 8 heteroatoms. The summed E-state index contributed by atoms with van der Waals surface area (Å²) in [5.41, 5.74) is 0.717. The van der Waals surface area contributed by atoms with Crippen molar-refractivity contribution < 1.29 is 9.90 Å². The SMILES string of the molecule is CNC(=O)[C@@H](C)Sc1nnnn1-c1ccc(O)cc1. The van der Waals surface area contributed by atoms with Crippen molar-refractivity contribution in [3.8, 4) is 11.4 Å². The van der Waals surface area contributed by atoms with Crippen LogP contribution in [0.1, 0.15) is 6.92 Å². The smallest absolute Gasteiger partial charge is 0.233 e. The first-order valence-electron chi connectivity index (χ1n) is 5.58. The summed E-state index contributed by atoms with van der Waals surface area (Å²) < 4.78 is 1.52. The van der Waals surface area contributed by atoms with Crippen molar-refractivity contribution in [3.63, 3.8) is 0 Å². The van der Waals surface area contributed by atoms with Crippen LogP contribution in [0.5, 0.6) is 5.75 Å². The van der Waals surface area contributed by atoms with E-state index in [1.807, 2.05) is 0 Å². The van der Waals surface area contributed by atoms with Crippen LogP contribution in [0, 0.1) is 0 Å². The van der Waals surface area contributed by atoms with Crippen LogP contribution in [0.25, 0.3) is 5.69 Å². The lowest BCUT2D eigenvalue weighted by Gasteiger charge is -2.09. The summed E-state index contributed by atoms with van der Waals surface area (Å²) in [6, 6.07) is 6.49. The number of tetrazole rings is 1. The van der Waals surface area contributed by atoms with Gasteiger partial charge < -0.3 is 10.4 Å². The van der Waals surface area contributed by atoms with Crippen molar-refractivity contribution in [3.05, 3.63) is 24.3 Å². The van der Waals surface area contributed by atoms with E-state index < -0.39 is 0 Å². The molecule has 0 bridgehead atoms. The van der Waals surface area contributed by atoms with E-state index in [0.29, 0.717) is 5.16 Å². The number of amides is 1. The van der Waals surface area contributed by atoms with Crippen molar-refractivity contribution in [1.29, 1.82) is 0 Å². The van der Waals surface area contributed by atoms with Crippen molar-refractivity contribution in [2.24, 2.45) is 0 Å². The molecule has 0 radical (unpaired) electrons. The van der Waals surface area contributed by atoms with Gasteiger partial charge in [-0.3, -0.25) is 4.79 Å². The van der Waals surface area contributed by atoms with Crippen LogP contribution in [0.4, 0.5) is 0 Å². The molecule has 0 unspecified atom stereocenters. The number of aromatic nitrogens is 4. The maximum Gasteiger partial charge on any atom is 0.233 e. The number of rotatable bonds is 4. The third-order valence-corrected chi connectivity index (χ3v) is 3.47. The standard InChI is InChI=1S/C11H13N5O2S/c1-7(10(18)12-2)19-11-13-14-15-16(11)8-3-5-9(17)6-4-8/h3-7,17H,1-2H3,(H,12,18)/t7-/m1/s1. The van der Waals surface area contributed by atoms with Crippen LogP contribution in [-0.4, -0.2) is 43.5 Å². The number of aromatic hydroxyl groups is 1. The van der Waals surface area contributed by atoms with E-state index in [0.717, 1.165) is 5.69 Å². The number of phenolic OH excluding ortho intramolecular Hbond substituents is 1. The van der Waals surface area contributed by atoms with Gasteiger partial charge in [0.15, 0.2) is 0 Å². The van der Waals surface area contributed by atoms with Gasteiger partial charge in [-0.15, -0.1) is 5.10 Å². The average Bonchev–Trinajstić information content (AvgIpc) is 2.86. The predicted molar refractivity (Wildman–Crippen MR) is 70.2 cm³/mol. The first-order chi connectivity index (χ1) is 9.11. The Hall–Kier alpha value is -2.09. The topological polar surface area (TPSA) is 92.9 Å².